The lowest BCUT2D eigenvalue weighted by Crippen LogP contribution is -2.00. The van der Waals surface area contributed by atoms with Gasteiger partial charge in [-0.3, -0.25) is 9.09 Å². The van der Waals surface area contributed by atoms with Crippen molar-refractivity contribution < 1.29 is 28.6 Å². The molecule has 1 unspecified atom stereocenters. The summed E-state index contributed by atoms with van der Waals surface area (Å²) < 4.78 is 19.5. The molecule has 2 N–H and O–H groups in total. The third kappa shape index (κ3) is 6.80. The van der Waals surface area contributed by atoms with Gasteiger partial charge in [0.05, 0.1) is 6.61 Å². The maximum absolute atomic E-state index is 10.7. The van der Waals surface area contributed by atoms with Crippen LogP contribution in [0.15, 0.2) is 12.2 Å². The molecule has 0 fully saturated rings. The van der Waals surface area contributed by atoms with Crippen LogP contribution < -0.4 is 0 Å². The Morgan fingerprint density at radius 2 is 2.07 bits per heavy atom. The van der Waals surface area contributed by atoms with Crippen molar-refractivity contribution in [2.75, 3.05) is 13.4 Å². The monoisotopic (exact) mass is 224 g/mol. The average Bonchev–Trinajstić information content (AvgIpc) is 2.12. The zero-order valence-corrected chi connectivity index (χ0v) is 8.56. The highest BCUT2D eigenvalue weighted by molar-refractivity contribution is 7.33. The van der Waals surface area contributed by atoms with Crippen molar-refractivity contribution in [3.8, 4) is 0 Å². The molecule has 0 rings (SSSR count). The van der Waals surface area contributed by atoms with Crippen LogP contribution >= 0.6 is 8.25 Å². The summed E-state index contributed by atoms with van der Waals surface area (Å²) in [5.41, 5.74) is 0.0800. The summed E-state index contributed by atoms with van der Waals surface area (Å²) in [6.07, 6.45) is 0.667. The van der Waals surface area contributed by atoms with Crippen molar-refractivity contribution >= 4 is 14.2 Å². The molecular weight excluding hydrogens is 211 g/mol. The van der Waals surface area contributed by atoms with Crippen molar-refractivity contribution in [3.05, 3.63) is 12.2 Å². The molecule has 1 atom stereocenters. The molecule has 6 nitrogen and oxygen atoms in total. The Labute approximate surface area is 82.1 Å². The number of hydrogen-bond donors (Lipinski definition) is 2. The van der Waals surface area contributed by atoms with E-state index in [9.17, 15) is 9.36 Å². The zero-order chi connectivity index (χ0) is 11.0. The van der Waals surface area contributed by atoms with Crippen LogP contribution in [0.3, 0.4) is 0 Å². The van der Waals surface area contributed by atoms with Crippen molar-refractivity contribution in [1.29, 1.82) is 0 Å². The lowest BCUT2D eigenvalue weighted by atomic mass is 10.2. The van der Waals surface area contributed by atoms with E-state index >= 15 is 0 Å². The normalized spacial score (nSPS) is 12.4. The van der Waals surface area contributed by atoms with Gasteiger partial charge in [0.25, 0.3) is 0 Å². The van der Waals surface area contributed by atoms with Gasteiger partial charge < -0.3 is 14.7 Å². The molecule has 0 saturated carbocycles. The molecule has 7 heteroatoms. The van der Waals surface area contributed by atoms with Gasteiger partial charge in [0, 0.05) is 5.57 Å². The van der Waals surface area contributed by atoms with Gasteiger partial charge in [-0.1, -0.05) is 6.58 Å². The molecule has 0 amide bonds. The van der Waals surface area contributed by atoms with Gasteiger partial charge in [-0.25, -0.2) is 4.79 Å². The molecule has 0 saturated heterocycles. The smallest absolute Gasteiger partial charge is 0.330 e. The topological polar surface area (TPSA) is 93.1 Å². The van der Waals surface area contributed by atoms with Gasteiger partial charge in [0.2, 0.25) is 0 Å². The molecule has 0 heterocycles. The minimum absolute atomic E-state index is 0.0800. The summed E-state index contributed by atoms with van der Waals surface area (Å²) in [5.74, 6) is -1.05. The fourth-order valence-electron chi connectivity index (χ4n) is 0.642. The standard InChI is InChI=1S/C7H13O6P/c1-6(7(9)10)3-2-4-12-14(11)13-5-8/h8,14H,1-5H2,(H,9,10). The van der Waals surface area contributed by atoms with Crippen molar-refractivity contribution in [2.45, 2.75) is 12.8 Å². The van der Waals surface area contributed by atoms with Crippen molar-refractivity contribution in [1.82, 2.24) is 0 Å². The van der Waals surface area contributed by atoms with E-state index < -0.39 is 21.0 Å². The van der Waals surface area contributed by atoms with Gasteiger partial charge in [0.15, 0.2) is 6.79 Å². The molecule has 0 bridgehead atoms. The second kappa shape index (κ2) is 7.70. The second-order valence-corrected chi connectivity index (χ2v) is 3.46. The Bertz CT molecular complexity index is 226. The van der Waals surface area contributed by atoms with E-state index in [1.807, 2.05) is 0 Å². The zero-order valence-electron chi connectivity index (χ0n) is 7.56. The predicted molar refractivity (Wildman–Crippen MR) is 49.1 cm³/mol. The lowest BCUT2D eigenvalue weighted by Gasteiger charge is -2.03. The number of hydrogen-bond acceptors (Lipinski definition) is 5. The van der Waals surface area contributed by atoms with Gasteiger partial charge in [-0.05, 0) is 12.8 Å². The van der Waals surface area contributed by atoms with Crippen LogP contribution in [0.1, 0.15) is 12.8 Å². The summed E-state index contributed by atoms with van der Waals surface area (Å²) in [4.78, 5) is 10.3. The largest absolute Gasteiger partial charge is 0.478 e. The molecular formula is C7H13O6P. The van der Waals surface area contributed by atoms with Crippen LogP contribution in [0.25, 0.3) is 0 Å². The maximum atomic E-state index is 10.7. The van der Waals surface area contributed by atoms with E-state index in [-0.39, 0.29) is 18.6 Å². The number of aliphatic hydroxyl groups is 1. The average molecular weight is 224 g/mol. The molecule has 0 aromatic rings. The van der Waals surface area contributed by atoms with Crippen LogP contribution in [0.4, 0.5) is 0 Å². The predicted octanol–water partition coefficient (Wildman–Crippen LogP) is 0.780. The van der Waals surface area contributed by atoms with E-state index in [1.54, 1.807) is 0 Å². The van der Waals surface area contributed by atoms with Gasteiger partial charge >= 0.3 is 14.2 Å². The number of rotatable bonds is 8. The quantitative estimate of drug-likeness (QED) is 0.274. The summed E-state index contributed by atoms with van der Waals surface area (Å²) in [7, 11) is -2.64. The van der Waals surface area contributed by atoms with Crippen molar-refractivity contribution in [3.63, 3.8) is 0 Å². The van der Waals surface area contributed by atoms with E-state index in [2.05, 4.69) is 15.6 Å². The summed E-state index contributed by atoms with van der Waals surface area (Å²) in [6.45, 7) is 2.77. The van der Waals surface area contributed by atoms with E-state index in [4.69, 9.17) is 10.2 Å². The summed E-state index contributed by atoms with van der Waals surface area (Å²) >= 11 is 0. The second-order valence-electron chi connectivity index (χ2n) is 2.38. The van der Waals surface area contributed by atoms with Gasteiger partial charge in [-0.15, -0.1) is 0 Å². The molecule has 14 heavy (non-hydrogen) atoms. The Morgan fingerprint density at radius 1 is 1.43 bits per heavy atom. The fourth-order valence-corrected chi connectivity index (χ4v) is 1.14. The maximum Gasteiger partial charge on any atom is 0.330 e. The third-order valence-electron chi connectivity index (χ3n) is 1.33. The molecule has 0 aromatic carbocycles. The van der Waals surface area contributed by atoms with Crippen LogP contribution in [0.5, 0.6) is 0 Å². The SMILES string of the molecule is C=C(CCCO[PH](=O)OCO)C(=O)O. The minimum atomic E-state index is -2.64. The lowest BCUT2D eigenvalue weighted by molar-refractivity contribution is -0.132. The Hall–Kier alpha value is -0.680. The first-order valence-electron chi connectivity index (χ1n) is 3.89. The van der Waals surface area contributed by atoms with E-state index in [1.165, 1.54) is 0 Å². The molecule has 82 valence electrons. The Morgan fingerprint density at radius 3 is 2.57 bits per heavy atom. The van der Waals surface area contributed by atoms with Crippen LogP contribution in [-0.4, -0.2) is 29.6 Å². The first kappa shape index (κ1) is 13.3. The van der Waals surface area contributed by atoms with Crippen LogP contribution in [0, 0.1) is 0 Å². The number of carboxylic acids is 1. The van der Waals surface area contributed by atoms with Gasteiger partial charge in [-0.2, -0.15) is 0 Å². The summed E-state index contributed by atoms with van der Waals surface area (Å²) in [5, 5.41) is 16.6. The molecule has 0 aliphatic carbocycles. The van der Waals surface area contributed by atoms with Crippen LogP contribution in [-0.2, 0) is 18.4 Å². The summed E-state index contributed by atoms with van der Waals surface area (Å²) in [6, 6.07) is 0. The van der Waals surface area contributed by atoms with E-state index in [0.717, 1.165) is 0 Å². The number of carboxylic acid groups (broad SMARTS) is 1. The van der Waals surface area contributed by atoms with E-state index in [0.29, 0.717) is 6.42 Å². The molecule has 0 aromatic heterocycles. The first-order chi connectivity index (χ1) is 6.57. The van der Waals surface area contributed by atoms with Gasteiger partial charge in [0.1, 0.15) is 0 Å². The first-order valence-corrected chi connectivity index (χ1v) is 5.12. The minimum Gasteiger partial charge on any atom is -0.478 e. The molecule has 0 spiro atoms. The highest BCUT2D eigenvalue weighted by atomic mass is 31.1. The number of aliphatic hydroxyl groups excluding tert-OH is 1. The highest BCUT2D eigenvalue weighted by Gasteiger charge is 2.04. The number of aliphatic carboxylic acids is 1. The fraction of sp³-hybridized carbons (Fsp3) is 0.571. The molecule has 0 radical (unpaired) electrons. The molecule has 0 aliphatic heterocycles. The van der Waals surface area contributed by atoms with Crippen molar-refractivity contribution in [2.24, 2.45) is 0 Å². The Balaban J connectivity index is 3.42. The number of carbonyl (C=O) groups is 1. The third-order valence-corrected chi connectivity index (χ3v) is 2.13. The highest BCUT2D eigenvalue weighted by Crippen LogP contribution is 2.23. The Kier molecular flexibility index (Phi) is 7.32. The molecule has 0 aliphatic rings. The van der Waals surface area contributed by atoms with Crippen LogP contribution in [0.2, 0.25) is 0 Å².